The summed E-state index contributed by atoms with van der Waals surface area (Å²) >= 11 is 0. The summed E-state index contributed by atoms with van der Waals surface area (Å²) in [4.78, 5) is 11.0. The topological polar surface area (TPSA) is 88.2 Å². The van der Waals surface area contributed by atoms with Crippen molar-refractivity contribution in [2.24, 2.45) is 0 Å². The van der Waals surface area contributed by atoms with Gasteiger partial charge < -0.3 is 10.2 Å². The van der Waals surface area contributed by atoms with Gasteiger partial charge in [0.2, 0.25) is 0 Å². The average molecular weight is 239 g/mol. The molecular formula is C11H17N3O3. The first-order chi connectivity index (χ1) is 8.15. The number of hydrogen-bond donors (Lipinski definition) is 2. The Labute approximate surface area is 99.3 Å². The lowest BCUT2D eigenvalue weighted by Crippen LogP contribution is -2.12. The number of aromatic nitrogens is 3. The highest BCUT2D eigenvalue weighted by Gasteiger charge is 2.34. The van der Waals surface area contributed by atoms with E-state index in [-0.39, 0.29) is 18.3 Å². The van der Waals surface area contributed by atoms with Crippen molar-refractivity contribution in [3.05, 3.63) is 11.4 Å². The molecule has 1 unspecified atom stereocenters. The van der Waals surface area contributed by atoms with Gasteiger partial charge in [0.25, 0.3) is 0 Å². The molecule has 2 rings (SSSR count). The number of aliphatic hydroxyl groups is 1. The quantitative estimate of drug-likeness (QED) is 0.778. The van der Waals surface area contributed by atoms with Gasteiger partial charge in [-0.15, -0.1) is 5.10 Å². The van der Waals surface area contributed by atoms with Crippen LogP contribution >= 0.6 is 0 Å². The van der Waals surface area contributed by atoms with Gasteiger partial charge in [-0.05, 0) is 32.6 Å². The SMILES string of the molecule is CC(CCCO)n1nnc(C(=O)O)c1C1CC1. The van der Waals surface area contributed by atoms with Crippen molar-refractivity contribution < 1.29 is 15.0 Å². The molecule has 1 aliphatic carbocycles. The Bertz CT molecular complexity index is 412. The van der Waals surface area contributed by atoms with E-state index in [1.54, 1.807) is 4.68 Å². The number of nitrogens with zero attached hydrogens (tertiary/aromatic N) is 3. The van der Waals surface area contributed by atoms with Crippen molar-refractivity contribution >= 4 is 5.97 Å². The van der Waals surface area contributed by atoms with E-state index in [1.165, 1.54) is 0 Å². The predicted molar refractivity (Wildman–Crippen MR) is 60.0 cm³/mol. The second-order valence-corrected chi connectivity index (χ2v) is 4.56. The lowest BCUT2D eigenvalue weighted by molar-refractivity contribution is 0.0689. The zero-order chi connectivity index (χ0) is 12.4. The maximum absolute atomic E-state index is 11.0. The van der Waals surface area contributed by atoms with Crippen molar-refractivity contribution in [3.63, 3.8) is 0 Å². The molecule has 0 bridgehead atoms. The summed E-state index contributed by atoms with van der Waals surface area (Å²) in [5.74, 6) is -0.708. The number of carbonyl (C=O) groups is 1. The van der Waals surface area contributed by atoms with Crippen LogP contribution < -0.4 is 0 Å². The Morgan fingerprint density at radius 2 is 2.29 bits per heavy atom. The van der Waals surface area contributed by atoms with Gasteiger partial charge in [-0.25, -0.2) is 9.48 Å². The van der Waals surface area contributed by atoms with Crippen molar-refractivity contribution in [1.29, 1.82) is 0 Å². The lowest BCUT2D eigenvalue weighted by Gasteiger charge is -2.13. The van der Waals surface area contributed by atoms with E-state index in [1.807, 2.05) is 6.92 Å². The molecule has 1 aromatic heterocycles. The summed E-state index contributed by atoms with van der Waals surface area (Å²) < 4.78 is 1.72. The number of hydrogen-bond acceptors (Lipinski definition) is 4. The highest BCUT2D eigenvalue weighted by atomic mass is 16.4. The molecule has 17 heavy (non-hydrogen) atoms. The highest BCUT2D eigenvalue weighted by Crippen LogP contribution is 2.42. The van der Waals surface area contributed by atoms with Gasteiger partial charge in [0, 0.05) is 12.5 Å². The first kappa shape index (κ1) is 12.0. The van der Waals surface area contributed by atoms with Crippen LogP contribution in [0, 0.1) is 0 Å². The van der Waals surface area contributed by atoms with Crippen molar-refractivity contribution in [1.82, 2.24) is 15.0 Å². The van der Waals surface area contributed by atoms with Crippen molar-refractivity contribution in [2.45, 2.75) is 44.6 Å². The molecular weight excluding hydrogens is 222 g/mol. The molecule has 94 valence electrons. The smallest absolute Gasteiger partial charge is 0.358 e. The molecule has 1 aromatic rings. The van der Waals surface area contributed by atoms with E-state index < -0.39 is 5.97 Å². The summed E-state index contributed by atoms with van der Waals surface area (Å²) in [7, 11) is 0. The molecule has 1 atom stereocenters. The third kappa shape index (κ3) is 2.46. The fraction of sp³-hybridized carbons (Fsp3) is 0.727. The predicted octanol–water partition coefficient (Wildman–Crippen LogP) is 1.19. The Balaban J connectivity index is 2.24. The monoisotopic (exact) mass is 239 g/mol. The van der Waals surface area contributed by atoms with E-state index in [0.717, 1.165) is 25.0 Å². The standard InChI is InChI=1S/C11H17N3O3/c1-7(3-2-6-15)14-10(8-4-5-8)9(11(16)17)12-13-14/h7-8,15H,2-6H2,1H3,(H,16,17). The maximum atomic E-state index is 11.0. The molecule has 0 aromatic carbocycles. The normalized spacial score (nSPS) is 17.1. The minimum atomic E-state index is -1.01. The van der Waals surface area contributed by atoms with E-state index in [0.29, 0.717) is 12.3 Å². The lowest BCUT2D eigenvalue weighted by atomic mass is 10.1. The zero-order valence-corrected chi connectivity index (χ0v) is 9.83. The molecule has 2 N–H and O–H groups in total. The number of carboxylic acids is 1. The number of aromatic carboxylic acids is 1. The van der Waals surface area contributed by atoms with Gasteiger partial charge >= 0.3 is 5.97 Å². The Kier molecular flexibility index (Phi) is 3.42. The highest BCUT2D eigenvalue weighted by molar-refractivity contribution is 5.86. The molecule has 1 aliphatic rings. The van der Waals surface area contributed by atoms with Gasteiger partial charge in [-0.3, -0.25) is 0 Å². The van der Waals surface area contributed by atoms with Crippen LogP contribution in [-0.4, -0.2) is 37.8 Å². The Morgan fingerprint density at radius 1 is 1.59 bits per heavy atom. The summed E-state index contributed by atoms with van der Waals surface area (Å²) in [6.45, 7) is 2.12. The molecule has 6 heteroatoms. The van der Waals surface area contributed by atoms with Gasteiger partial charge in [-0.2, -0.15) is 0 Å². The van der Waals surface area contributed by atoms with Crippen LogP contribution in [0.2, 0.25) is 0 Å². The second-order valence-electron chi connectivity index (χ2n) is 4.56. The van der Waals surface area contributed by atoms with Crippen LogP contribution in [0.25, 0.3) is 0 Å². The van der Waals surface area contributed by atoms with Gasteiger partial charge in [0.05, 0.1) is 11.7 Å². The van der Waals surface area contributed by atoms with Crippen LogP contribution in [0.1, 0.15) is 60.7 Å². The van der Waals surface area contributed by atoms with E-state index >= 15 is 0 Å². The summed E-state index contributed by atoms with van der Waals surface area (Å²) in [6.07, 6.45) is 3.49. The maximum Gasteiger partial charge on any atom is 0.358 e. The average Bonchev–Trinajstić information content (AvgIpc) is 3.04. The Hall–Kier alpha value is -1.43. The molecule has 6 nitrogen and oxygen atoms in total. The van der Waals surface area contributed by atoms with Crippen LogP contribution in [0.15, 0.2) is 0 Å². The minimum Gasteiger partial charge on any atom is -0.476 e. The molecule has 1 fully saturated rings. The molecule has 0 spiro atoms. The summed E-state index contributed by atoms with van der Waals surface area (Å²) in [5, 5.41) is 25.6. The van der Waals surface area contributed by atoms with Gasteiger partial charge in [-0.1, -0.05) is 5.21 Å². The largest absolute Gasteiger partial charge is 0.476 e. The molecule has 1 saturated carbocycles. The minimum absolute atomic E-state index is 0.0818. The van der Waals surface area contributed by atoms with Crippen molar-refractivity contribution in [2.75, 3.05) is 6.61 Å². The Morgan fingerprint density at radius 3 is 2.82 bits per heavy atom. The van der Waals surface area contributed by atoms with Crippen LogP contribution in [0.4, 0.5) is 0 Å². The van der Waals surface area contributed by atoms with E-state index in [9.17, 15) is 4.79 Å². The molecule has 0 aliphatic heterocycles. The third-order valence-corrected chi connectivity index (χ3v) is 3.09. The van der Waals surface area contributed by atoms with E-state index in [4.69, 9.17) is 10.2 Å². The second kappa shape index (κ2) is 4.83. The zero-order valence-electron chi connectivity index (χ0n) is 9.83. The van der Waals surface area contributed by atoms with Crippen LogP contribution in [0.5, 0.6) is 0 Å². The number of carboxylic acid groups (broad SMARTS) is 1. The molecule has 1 heterocycles. The first-order valence-electron chi connectivity index (χ1n) is 5.94. The van der Waals surface area contributed by atoms with Gasteiger partial charge in [0.1, 0.15) is 0 Å². The number of aliphatic hydroxyl groups excluding tert-OH is 1. The van der Waals surface area contributed by atoms with Crippen LogP contribution in [0.3, 0.4) is 0 Å². The first-order valence-corrected chi connectivity index (χ1v) is 5.94. The molecule has 0 radical (unpaired) electrons. The third-order valence-electron chi connectivity index (χ3n) is 3.09. The fourth-order valence-corrected chi connectivity index (χ4v) is 2.02. The van der Waals surface area contributed by atoms with Crippen LogP contribution in [-0.2, 0) is 0 Å². The molecule has 0 saturated heterocycles. The summed E-state index contributed by atoms with van der Waals surface area (Å²) in [5.41, 5.74) is 0.839. The summed E-state index contributed by atoms with van der Waals surface area (Å²) in [6, 6.07) is 0.0818. The fourth-order valence-electron chi connectivity index (χ4n) is 2.02. The molecule has 0 amide bonds. The van der Waals surface area contributed by atoms with Crippen molar-refractivity contribution in [3.8, 4) is 0 Å². The number of rotatable bonds is 6. The van der Waals surface area contributed by atoms with E-state index in [2.05, 4.69) is 10.3 Å². The van der Waals surface area contributed by atoms with Gasteiger partial charge in [0.15, 0.2) is 5.69 Å².